The highest BCUT2D eigenvalue weighted by Gasteiger charge is 2.29. The lowest BCUT2D eigenvalue weighted by Crippen LogP contribution is -2.31. The molecule has 0 radical (unpaired) electrons. The molecule has 16 heavy (non-hydrogen) atoms. The number of thiophene rings is 1. The van der Waals surface area contributed by atoms with E-state index in [1.54, 1.807) is 11.3 Å². The van der Waals surface area contributed by atoms with E-state index in [0.29, 0.717) is 12.4 Å². The lowest BCUT2D eigenvalue weighted by atomic mass is 9.95. The number of anilines is 1. The summed E-state index contributed by atoms with van der Waals surface area (Å²) in [6, 6.07) is 0. The van der Waals surface area contributed by atoms with Gasteiger partial charge in [0.05, 0.1) is 22.4 Å². The summed E-state index contributed by atoms with van der Waals surface area (Å²) in [5.41, 5.74) is 8.03. The molecule has 2 N–H and O–H groups in total. The van der Waals surface area contributed by atoms with Gasteiger partial charge in [-0.05, 0) is 19.4 Å². The number of rotatable bonds is 0. The van der Waals surface area contributed by atoms with Crippen molar-refractivity contribution in [3.05, 3.63) is 16.8 Å². The Morgan fingerprint density at radius 2 is 2.25 bits per heavy atom. The molecule has 1 aliphatic heterocycles. The Morgan fingerprint density at radius 1 is 1.44 bits per heavy atom. The topological polar surface area (TPSA) is 61.0 Å². The molecule has 84 valence electrons. The van der Waals surface area contributed by atoms with Crippen LogP contribution < -0.4 is 5.73 Å². The van der Waals surface area contributed by atoms with Crippen molar-refractivity contribution in [2.75, 3.05) is 5.73 Å². The van der Waals surface area contributed by atoms with E-state index >= 15 is 0 Å². The van der Waals surface area contributed by atoms with Crippen molar-refractivity contribution in [1.82, 2.24) is 9.97 Å². The molecule has 0 bridgehead atoms. The summed E-state index contributed by atoms with van der Waals surface area (Å²) in [5.74, 6) is 0.571. The van der Waals surface area contributed by atoms with Crippen LogP contribution in [-0.4, -0.2) is 15.6 Å². The molecule has 0 atom stereocenters. The summed E-state index contributed by atoms with van der Waals surface area (Å²) in [6.45, 7) is 4.86. The van der Waals surface area contributed by atoms with E-state index in [2.05, 4.69) is 23.8 Å². The van der Waals surface area contributed by atoms with Crippen LogP contribution in [0.5, 0.6) is 0 Å². The second kappa shape index (κ2) is 3.15. The maximum atomic E-state index is 5.85. The second-order valence-electron chi connectivity index (χ2n) is 4.67. The summed E-state index contributed by atoms with van der Waals surface area (Å²) in [7, 11) is 0. The molecular weight excluding hydrogens is 222 g/mol. The molecule has 4 nitrogen and oxygen atoms in total. The Balaban J connectivity index is 2.26. The standard InChI is InChI=1S/C11H13N3OS/c1-11(2)3-6-7(4-15-11)16-9-8(6)13-5-14-10(9)12/h5H,3-4H2,1-2H3,(H2,12,13,14). The number of nitrogens with zero attached hydrogens (tertiary/aromatic N) is 2. The Kier molecular flexibility index (Phi) is 1.96. The van der Waals surface area contributed by atoms with Gasteiger partial charge in [0.25, 0.3) is 0 Å². The van der Waals surface area contributed by atoms with E-state index in [9.17, 15) is 0 Å². The van der Waals surface area contributed by atoms with Crippen molar-refractivity contribution >= 4 is 27.4 Å². The average Bonchev–Trinajstić information content (AvgIpc) is 2.57. The molecule has 1 aliphatic rings. The van der Waals surface area contributed by atoms with Gasteiger partial charge in [-0.15, -0.1) is 11.3 Å². The smallest absolute Gasteiger partial charge is 0.144 e. The van der Waals surface area contributed by atoms with Gasteiger partial charge in [-0.1, -0.05) is 0 Å². The van der Waals surface area contributed by atoms with E-state index in [-0.39, 0.29) is 5.60 Å². The molecule has 0 spiro atoms. The third-order valence-corrected chi connectivity index (χ3v) is 4.09. The number of fused-ring (bicyclic) bond motifs is 3. The number of aromatic nitrogens is 2. The van der Waals surface area contributed by atoms with Crippen LogP contribution >= 0.6 is 11.3 Å². The largest absolute Gasteiger partial charge is 0.382 e. The summed E-state index contributed by atoms with van der Waals surface area (Å²) in [5, 5.41) is 0. The second-order valence-corrected chi connectivity index (χ2v) is 5.77. The lowest BCUT2D eigenvalue weighted by molar-refractivity contribution is -0.0379. The highest BCUT2D eigenvalue weighted by Crippen LogP contribution is 2.39. The Hall–Kier alpha value is -1.20. The first-order valence-electron chi connectivity index (χ1n) is 5.21. The fourth-order valence-corrected chi connectivity index (χ4v) is 3.14. The SMILES string of the molecule is CC1(C)Cc2c(sc3c(N)ncnc23)CO1. The monoisotopic (exact) mass is 235 g/mol. The average molecular weight is 235 g/mol. The van der Waals surface area contributed by atoms with Gasteiger partial charge < -0.3 is 10.5 Å². The van der Waals surface area contributed by atoms with Crippen LogP contribution in [0.3, 0.4) is 0 Å². The van der Waals surface area contributed by atoms with E-state index in [0.717, 1.165) is 16.6 Å². The molecule has 0 fully saturated rings. The maximum absolute atomic E-state index is 5.85. The summed E-state index contributed by atoms with van der Waals surface area (Å²) in [4.78, 5) is 9.61. The first-order valence-corrected chi connectivity index (χ1v) is 6.03. The summed E-state index contributed by atoms with van der Waals surface area (Å²) in [6.07, 6.45) is 2.42. The zero-order chi connectivity index (χ0) is 11.3. The van der Waals surface area contributed by atoms with Crippen LogP contribution in [0.25, 0.3) is 10.2 Å². The minimum absolute atomic E-state index is 0.110. The lowest BCUT2D eigenvalue weighted by Gasteiger charge is -2.29. The van der Waals surface area contributed by atoms with Gasteiger partial charge in [-0.2, -0.15) is 0 Å². The van der Waals surface area contributed by atoms with Gasteiger partial charge in [0, 0.05) is 11.3 Å². The van der Waals surface area contributed by atoms with Crippen LogP contribution in [0.4, 0.5) is 5.82 Å². The van der Waals surface area contributed by atoms with Crippen LogP contribution in [0.1, 0.15) is 24.3 Å². The van der Waals surface area contributed by atoms with Gasteiger partial charge in [0.2, 0.25) is 0 Å². The predicted molar refractivity (Wildman–Crippen MR) is 64.4 cm³/mol. The van der Waals surface area contributed by atoms with Gasteiger partial charge >= 0.3 is 0 Å². The molecular formula is C11H13N3OS. The molecule has 0 aliphatic carbocycles. The molecule has 2 aromatic rings. The molecule has 0 saturated carbocycles. The van der Waals surface area contributed by atoms with Crippen molar-refractivity contribution in [2.45, 2.75) is 32.5 Å². The summed E-state index contributed by atoms with van der Waals surface area (Å²) < 4.78 is 6.78. The molecule has 5 heteroatoms. The third kappa shape index (κ3) is 1.39. The van der Waals surface area contributed by atoms with Gasteiger partial charge in [0.1, 0.15) is 12.1 Å². The fraction of sp³-hybridized carbons (Fsp3) is 0.455. The Morgan fingerprint density at radius 3 is 3.06 bits per heavy atom. The van der Waals surface area contributed by atoms with Crippen molar-refractivity contribution in [3.63, 3.8) is 0 Å². The fourth-order valence-electron chi connectivity index (χ4n) is 2.06. The number of hydrogen-bond donors (Lipinski definition) is 1. The predicted octanol–water partition coefficient (Wildman–Crippen LogP) is 2.12. The number of nitrogens with two attached hydrogens (primary N) is 1. The summed E-state index contributed by atoms with van der Waals surface area (Å²) >= 11 is 1.65. The third-order valence-electron chi connectivity index (χ3n) is 2.88. The van der Waals surface area contributed by atoms with Crippen LogP contribution in [0, 0.1) is 0 Å². The van der Waals surface area contributed by atoms with E-state index in [4.69, 9.17) is 10.5 Å². The number of ether oxygens (including phenoxy) is 1. The zero-order valence-corrected chi connectivity index (χ0v) is 10.1. The molecule has 3 heterocycles. The highest BCUT2D eigenvalue weighted by atomic mass is 32.1. The number of hydrogen-bond acceptors (Lipinski definition) is 5. The van der Waals surface area contributed by atoms with Crippen molar-refractivity contribution < 1.29 is 4.74 Å². The molecule has 0 aromatic carbocycles. The molecule has 0 amide bonds. The zero-order valence-electron chi connectivity index (χ0n) is 9.28. The minimum atomic E-state index is -0.110. The van der Waals surface area contributed by atoms with Gasteiger partial charge in [-0.3, -0.25) is 0 Å². The normalized spacial score (nSPS) is 18.6. The minimum Gasteiger partial charge on any atom is -0.382 e. The first kappa shape index (κ1) is 9.99. The molecule has 3 rings (SSSR count). The molecule has 0 saturated heterocycles. The quantitative estimate of drug-likeness (QED) is 0.759. The van der Waals surface area contributed by atoms with Crippen LogP contribution in [-0.2, 0) is 17.8 Å². The molecule has 2 aromatic heterocycles. The highest BCUT2D eigenvalue weighted by molar-refractivity contribution is 7.19. The van der Waals surface area contributed by atoms with Gasteiger partial charge in [0.15, 0.2) is 0 Å². The van der Waals surface area contributed by atoms with E-state index in [1.165, 1.54) is 16.8 Å². The maximum Gasteiger partial charge on any atom is 0.144 e. The number of nitrogen functional groups attached to an aromatic ring is 1. The van der Waals surface area contributed by atoms with E-state index in [1.807, 2.05) is 0 Å². The molecule has 0 unspecified atom stereocenters. The van der Waals surface area contributed by atoms with Crippen molar-refractivity contribution in [2.24, 2.45) is 0 Å². The Labute approximate surface area is 97.5 Å². The van der Waals surface area contributed by atoms with Crippen molar-refractivity contribution in [3.8, 4) is 0 Å². The Bertz CT molecular complexity index is 562. The van der Waals surface area contributed by atoms with Gasteiger partial charge in [-0.25, -0.2) is 9.97 Å². The van der Waals surface area contributed by atoms with Crippen LogP contribution in [0.15, 0.2) is 6.33 Å². The van der Waals surface area contributed by atoms with Crippen LogP contribution in [0.2, 0.25) is 0 Å². The van der Waals surface area contributed by atoms with E-state index < -0.39 is 0 Å². The van der Waals surface area contributed by atoms with Crippen molar-refractivity contribution in [1.29, 1.82) is 0 Å². The first-order chi connectivity index (χ1) is 7.57.